The highest BCUT2D eigenvalue weighted by molar-refractivity contribution is 5.78. The summed E-state index contributed by atoms with van der Waals surface area (Å²) in [7, 11) is 0. The van der Waals surface area contributed by atoms with Gasteiger partial charge in [-0.05, 0) is 25.2 Å². The number of nitrogens with one attached hydrogen (secondary N) is 1. The maximum Gasteiger partial charge on any atom is 0.223 e. The van der Waals surface area contributed by atoms with Gasteiger partial charge in [-0.1, -0.05) is 39.5 Å². The van der Waals surface area contributed by atoms with E-state index in [2.05, 4.69) is 19.2 Å². The number of carbonyl (C=O) groups excluding carboxylic acids is 1. The van der Waals surface area contributed by atoms with Crippen molar-refractivity contribution in [3.8, 4) is 0 Å². The molecular formula is C13H25NO. The maximum atomic E-state index is 11.8. The summed E-state index contributed by atoms with van der Waals surface area (Å²) in [5, 5.41) is 3.04. The van der Waals surface area contributed by atoms with Crippen molar-refractivity contribution in [1.82, 2.24) is 5.32 Å². The van der Waals surface area contributed by atoms with Gasteiger partial charge in [-0.25, -0.2) is 0 Å². The minimum Gasteiger partial charge on any atom is -0.356 e. The summed E-state index contributed by atoms with van der Waals surface area (Å²) >= 11 is 0. The van der Waals surface area contributed by atoms with Crippen molar-refractivity contribution >= 4 is 5.91 Å². The summed E-state index contributed by atoms with van der Waals surface area (Å²) < 4.78 is 0. The fourth-order valence-corrected chi connectivity index (χ4v) is 2.40. The van der Waals surface area contributed by atoms with E-state index >= 15 is 0 Å². The van der Waals surface area contributed by atoms with Gasteiger partial charge in [0.15, 0.2) is 0 Å². The summed E-state index contributed by atoms with van der Waals surface area (Å²) in [4.78, 5) is 11.8. The first kappa shape index (κ1) is 12.5. The molecule has 0 aromatic carbocycles. The van der Waals surface area contributed by atoms with Crippen molar-refractivity contribution in [3.63, 3.8) is 0 Å². The molecular weight excluding hydrogens is 186 g/mol. The smallest absolute Gasteiger partial charge is 0.223 e. The van der Waals surface area contributed by atoms with Crippen molar-refractivity contribution in [3.05, 3.63) is 0 Å². The molecule has 1 unspecified atom stereocenters. The standard InChI is InChI=1S/C13H25NO/c1-3-4-10-14-13(15)11(2)12-8-6-5-7-9-12/h11-12H,3-10H2,1-2H3,(H,14,15). The summed E-state index contributed by atoms with van der Waals surface area (Å²) in [5.41, 5.74) is 0. The summed E-state index contributed by atoms with van der Waals surface area (Å²) in [6, 6.07) is 0. The molecule has 0 bridgehead atoms. The van der Waals surface area contributed by atoms with Crippen molar-refractivity contribution in [1.29, 1.82) is 0 Å². The first-order valence-electron chi connectivity index (χ1n) is 6.53. The van der Waals surface area contributed by atoms with E-state index in [0.29, 0.717) is 5.92 Å². The van der Waals surface area contributed by atoms with Gasteiger partial charge in [-0.2, -0.15) is 0 Å². The zero-order chi connectivity index (χ0) is 11.1. The average molecular weight is 211 g/mol. The van der Waals surface area contributed by atoms with Crippen LogP contribution in [-0.4, -0.2) is 12.5 Å². The van der Waals surface area contributed by atoms with Gasteiger partial charge in [0.1, 0.15) is 0 Å². The highest BCUT2D eigenvalue weighted by atomic mass is 16.1. The van der Waals surface area contributed by atoms with Crippen LogP contribution in [0.15, 0.2) is 0 Å². The molecule has 0 aromatic heterocycles. The molecule has 2 heteroatoms. The van der Waals surface area contributed by atoms with Crippen LogP contribution in [0.2, 0.25) is 0 Å². The molecule has 88 valence electrons. The Morgan fingerprint density at radius 2 is 2.00 bits per heavy atom. The second kappa shape index (κ2) is 6.86. The van der Waals surface area contributed by atoms with Crippen LogP contribution in [0.25, 0.3) is 0 Å². The molecule has 1 aliphatic carbocycles. The lowest BCUT2D eigenvalue weighted by molar-refractivity contribution is -0.126. The summed E-state index contributed by atoms with van der Waals surface area (Å²) in [6.07, 6.45) is 8.75. The van der Waals surface area contributed by atoms with Crippen LogP contribution in [-0.2, 0) is 4.79 Å². The van der Waals surface area contributed by atoms with Crippen LogP contribution < -0.4 is 5.32 Å². The third kappa shape index (κ3) is 4.23. The van der Waals surface area contributed by atoms with E-state index in [-0.39, 0.29) is 11.8 Å². The summed E-state index contributed by atoms with van der Waals surface area (Å²) in [6.45, 7) is 5.10. The van der Waals surface area contributed by atoms with Crippen LogP contribution >= 0.6 is 0 Å². The van der Waals surface area contributed by atoms with Gasteiger partial charge in [0.25, 0.3) is 0 Å². The zero-order valence-electron chi connectivity index (χ0n) is 10.2. The number of hydrogen-bond acceptors (Lipinski definition) is 1. The van der Waals surface area contributed by atoms with E-state index in [1.165, 1.54) is 32.1 Å². The van der Waals surface area contributed by atoms with Crippen LogP contribution in [0.5, 0.6) is 0 Å². The number of unbranched alkanes of at least 4 members (excludes halogenated alkanes) is 1. The molecule has 1 amide bonds. The van der Waals surface area contributed by atoms with Crippen LogP contribution in [0.4, 0.5) is 0 Å². The Hall–Kier alpha value is -0.530. The lowest BCUT2D eigenvalue weighted by Crippen LogP contribution is -2.34. The third-order valence-corrected chi connectivity index (χ3v) is 3.60. The molecule has 0 radical (unpaired) electrons. The van der Waals surface area contributed by atoms with E-state index in [9.17, 15) is 4.79 Å². The second-order valence-electron chi connectivity index (χ2n) is 4.83. The van der Waals surface area contributed by atoms with E-state index in [0.717, 1.165) is 19.4 Å². The topological polar surface area (TPSA) is 29.1 Å². The molecule has 1 rings (SSSR count). The monoisotopic (exact) mass is 211 g/mol. The molecule has 1 saturated carbocycles. The largest absolute Gasteiger partial charge is 0.356 e. The molecule has 1 fully saturated rings. The number of amides is 1. The van der Waals surface area contributed by atoms with E-state index in [1.54, 1.807) is 0 Å². The van der Waals surface area contributed by atoms with Gasteiger partial charge in [0.2, 0.25) is 5.91 Å². The van der Waals surface area contributed by atoms with Gasteiger partial charge in [-0.15, -0.1) is 0 Å². The van der Waals surface area contributed by atoms with E-state index in [4.69, 9.17) is 0 Å². The van der Waals surface area contributed by atoms with Crippen molar-refractivity contribution < 1.29 is 4.79 Å². The van der Waals surface area contributed by atoms with Gasteiger partial charge in [0.05, 0.1) is 0 Å². The first-order valence-corrected chi connectivity index (χ1v) is 6.53. The Morgan fingerprint density at radius 3 is 2.60 bits per heavy atom. The Balaban J connectivity index is 2.24. The third-order valence-electron chi connectivity index (χ3n) is 3.60. The quantitative estimate of drug-likeness (QED) is 0.696. The number of carbonyl (C=O) groups is 1. The van der Waals surface area contributed by atoms with Crippen LogP contribution in [0, 0.1) is 11.8 Å². The Morgan fingerprint density at radius 1 is 1.33 bits per heavy atom. The minimum absolute atomic E-state index is 0.224. The Labute approximate surface area is 93.8 Å². The molecule has 0 aromatic rings. The molecule has 1 atom stereocenters. The van der Waals surface area contributed by atoms with Crippen molar-refractivity contribution in [2.24, 2.45) is 11.8 Å². The predicted octanol–water partition coefficient (Wildman–Crippen LogP) is 3.12. The van der Waals surface area contributed by atoms with Crippen molar-refractivity contribution in [2.45, 2.75) is 58.8 Å². The maximum absolute atomic E-state index is 11.8. The fraction of sp³-hybridized carbons (Fsp3) is 0.923. The molecule has 1 N–H and O–H groups in total. The van der Waals surface area contributed by atoms with Crippen LogP contribution in [0.3, 0.4) is 0 Å². The zero-order valence-corrected chi connectivity index (χ0v) is 10.2. The Kier molecular flexibility index (Phi) is 5.74. The SMILES string of the molecule is CCCCNC(=O)C(C)C1CCCCC1. The van der Waals surface area contributed by atoms with Gasteiger partial charge < -0.3 is 5.32 Å². The fourth-order valence-electron chi connectivity index (χ4n) is 2.40. The molecule has 15 heavy (non-hydrogen) atoms. The minimum atomic E-state index is 0.224. The van der Waals surface area contributed by atoms with Crippen LogP contribution in [0.1, 0.15) is 58.8 Å². The first-order chi connectivity index (χ1) is 7.25. The lowest BCUT2D eigenvalue weighted by atomic mass is 9.80. The average Bonchev–Trinajstić information content (AvgIpc) is 2.29. The molecule has 0 heterocycles. The molecule has 0 aliphatic heterocycles. The highest BCUT2D eigenvalue weighted by Crippen LogP contribution is 2.29. The number of rotatable bonds is 5. The van der Waals surface area contributed by atoms with Gasteiger partial charge in [-0.3, -0.25) is 4.79 Å². The van der Waals surface area contributed by atoms with Gasteiger partial charge >= 0.3 is 0 Å². The second-order valence-corrected chi connectivity index (χ2v) is 4.83. The van der Waals surface area contributed by atoms with E-state index < -0.39 is 0 Å². The lowest BCUT2D eigenvalue weighted by Gasteiger charge is -2.26. The normalized spacial score (nSPS) is 19.9. The Bertz CT molecular complexity index is 185. The highest BCUT2D eigenvalue weighted by Gasteiger charge is 2.24. The molecule has 1 aliphatic rings. The van der Waals surface area contributed by atoms with Gasteiger partial charge in [0, 0.05) is 12.5 Å². The summed E-state index contributed by atoms with van der Waals surface area (Å²) in [5.74, 6) is 1.14. The molecule has 0 spiro atoms. The predicted molar refractivity (Wildman–Crippen MR) is 63.7 cm³/mol. The molecule has 2 nitrogen and oxygen atoms in total. The number of hydrogen-bond donors (Lipinski definition) is 1. The molecule has 0 saturated heterocycles. The van der Waals surface area contributed by atoms with E-state index in [1.807, 2.05) is 0 Å². The van der Waals surface area contributed by atoms with Crippen molar-refractivity contribution in [2.75, 3.05) is 6.54 Å².